The van der Waals surface area contributed by atoms with Crippen molar-refractivity contribution in [3.8, 4) is 0 Å². The smallest absolute Gasteiger partial charge is 0.0217 e. The third-order valence-corrected chi connectivity index (χ3v) is 4.14. The van der Waals surface area contributed by atoms with Gasteiger partial charge in [-0.2, -0.15) is 0 Å². The van der Waals surface area contributed by atoms with E-state index in [0.717, 1.165) is 11.0 Å². The molecule has 0 saturated heterocycles. The fourth-order valence-electron chi connectivity index (χ4n) is 0.359. The van der Waals surface area contributed by atoms with Crippen LogP contribution in [-0.4, -0.2) is 11.0 Å². The average Bonchev–Trinajstić information content (AvgIpc) is 1.98. The van der Waals surface area contributed by atoms with Gasteiger partial charge in [0.25, 0.3) is 0 Å². The van der Waals surface area contributed by atoms with Gasteiger partial charge in [-0.25, -0.2) is 0 Å². The van der Waals surface area contributed by atoms with Gasteiger partial charge in [-0.3, -0.25) is 0 Å². The zero-order chi connectivity index (χ0) is 7.82. The summed E-state index contributed by atoms with van der Waals surface area (Å²) >= 11 is 0. The fourth-order valence-corrected chi connectivity index (χ4v) is 2.65. The predicted octanol–water partition coefficient (Wildman–Crippen LogP) is 3.74. The van der Waals surface area contributed by atoms with Crippen molar-refractivity contribution in [3.05, 3.63) is 12.2 Å². The van der Waals surface area contributed by atoms with E-state index in [4.69, 9.17) is 0 Å². The Morgan fingerprint density at radius 3 is 2.70 bits per heavy atom. The van der Waals surface area contributed by atoms with Crippen LogP contribution in [0.25, 0.3) is 0 Å². The molecule has 0 nitrogen and oxygen atoms in total. The second-order valence-corrected chi connectivity index (χ2v) is 5.02. The molecule has 0 rings (SSSR count). The number of hydrogen-bond acceptors (Lipinski definition) is 2. The van der Waals surface area contributed by atoms with Gasteiger partial charge in [-0.1, -0.05) is 47.6 Å². The molecule has 0 bridgehead atoms. The van der Waals surface area contributed by atoms with Gasteiger partial charge in [0.15, 0.2) is 0 Å². The molecule has 0 saturated carbocycles. The molecule has 0 aliphatic heterocycles. The molecule has 0 aliphatic carbocycles. The predicted molar refractivity (Wildman–Crippen MR) is 54.6 cm³/mol. The standard InChI is InChI=1S/C8H16S2/c1-4-6-7-9-10-8(3)5-2/h4,6,8H,5,7H2,1-3H3. The van der Waals surface area contributed by atoms with Gasteiger partial charge in [-0.15, -0.1) is 0 Å². The van der Waals surface area contributed by atoms with Crippen molar-refractivity contribution in [2.75, 3.05) is 5.75 Å². The van der Waals surface area contributed by atoms with Gasteiger partial charge in [0, 0.05) is 11.0 Å². The van der Waals surface area contributed by atoms with Crippen LogP contribution >= 0.6 is 21.6 Å². The summed E-state index contributed by atoms with van der Waals surface area (Å²) in [4.78, 5) is 0. The largest absolute Gasteiger partial charge is 0.0908 e. The van der Waals surface area contributed by atoms with Crippen LogP contribution in [0.15, 0.2) is 12.2 Å². The lowest BCUT2D eigenvalue weighted by Gasteiger charge is -2.04. The van der Waals surface area contributed by atoms with Crippen LogP contribution in [0, 0.1) is 0 Å². The van der Waals surface area contributed by atoms with Gasteiger partial charge >= 0.3 is 0 Å². The first-order valence-electron chi connectivity index (χ1n) is 3.70. The molecule has 0 aliphatic rings. The molecule has 0 radical (unpaired) electrons. The highest BCUT2D eigenvalue weighted by molar-refractivity contribution is 8.77. The Labute approximate surface area is 72.3 Å². The fraction of sp³-hybridized carbons (Fsp3) is 0.750. The normalized spacial score (nSPS) is 14.3. The molecule has 0 spiro atoms. The van der Waals surface area contributed by atoms with E-state index in [1.807, 2.05) is 21.6 Å². The van der Waals surface area contributed by atoms with Gasteiger partial charge < -0.3 is 0 Å². The highest BCUT2D eigenvalue weighted by Crippen LogP contribution is 2.27. The van der Waals surface area contributed by atoms with Crippen molar-refractivity contribution < 1.29 is 0 Å². The zero-order valence-electron chi connectivity index (χ0n) is 6.96. The van der Waals surface area contributed by atoms with Crippen molar-refractivity contribution in [2.45, 2.75) is 32.4 Å². The van der Waals surface area contributed by atoms with E-state index in [9.17, 15) is 0 Å². The number of rotatable bonds is 5. The molecule has 10 heavy (non-hydrogen) atoms. The first kappa shape index (κ1) is 10.4. The third kappa shape index (κ3) is 6.56. The Kier molecular flexibility index (Phi) is 7.88. The SMILES string of the molecule is CC=CCSSC(C)CC. The first-order valence-corrected chi connectivity index (χ1v) is 6.08. The molecule has 2 heteroatoms. The Balaban J connectivity index is 3.03. The highest BCUT2D eigenvalue weighted by atomic mass is 33.1. The van der Waals surface area contributed by atoms with Gasteiger partial charge in [0.1, 0.15) is 0 Å². The van der Waals surface area contributed by atoms with Gasteiger partial charge in [0.2, 0.25) is 0 Å². The Morgan fingerprint density at radius 2 is 2.20 bits per heavy atom. The summed E-state index contributed by atoms with van der Waals surface area (Å²) in [6.07, 6.45) is 5.57. The third-order valence-electron chi connectivity index (χ3n) is 1.21. The maximum Gasteiger partial charge on any atom is 0.0217 e. The Morgan fingerprint density at radius 1 is 1.50 bits per heavy atom. The lowest BCUT2D eigenvalue weighted by atomic mass is 10.4. The van der Waals surface area contributed by atoms with Crippen LogP contribution in [0.3, 0.4) is 0 Å². The molecular formula is C8H16S2. The second-order valence-electron chi connectivity index (χ2n) is 2.17. The van der Waals surface area contributed by atoms with Crippen LogP contribution in [0.5, 0.6) is 0 Å². The first-order chi connectivity index (χ1) is 4.81. The van der Waals surface area contributed by atoms with Crippen molar-refractivity contribution in [1.29, 1.82) is 0 Å². The molecule has 0 aromatic carbocycles. The monoisotopic (exact) mass is 176 g/mol. The molecule has 0 N–H and O–H groups in total. The van der Waals surface area contributed by atoms with E-state index in [0.29, 0.717) is 0 Å². The minimum absolute atomic E-state index is 0.801. The van der Waals surface area contributed by atoms with Gasteiger partial charge in [0.05, 0.1) is 0 Å². The molecule has 60 valence electrons. The zero-order valence-corrected chi connectivity index (χ0v) is 8.60. The lowest BCUT2D eigenvalue weighted by Crippen LogP contribution is -1.88. The molecule has 0 amide bonds. The van der Waals surface area contributed by atoms with Crippen LogP contribution in [0.1, 0.15) is 27.2 Å². The van der Waals surface area contributed by atoms with Crippen molar-refractivity contribution in [1.82, 2.24) is 0 Å². The van der Waals surface area contributed by atoms with Crippen molar-refractivity contribution >= 4 is 21.6 Å². The molecule has 0 heterocycles. The van der Waals surface area contributed by atoms with E-state index in [1.165, 1.54) is 6.42 Å². The van der Waals surface area contributed by atoms with Crippen LogP contribution in [0.2, 0.25) is 0 Å². The minimum atomic E-state index is 0.801. The van der Waals surface area contributed by atoms with E-state index < -0.39 is 0 Å². The molecule has 0 aromatic rings. The summed E-state index contributed by atoms with van der Waals surface area (Å²) < 4.78 is 0. The quantitative estimate of drug-likeness (QED) is 0.355. The minimum Gasteiger partial charge on any atom is -0.0908 e. The van der Waals surface area contributed by atoms with Crippen molar-refractivity contribution in [2.24, 2.45) is 0 Å². The highest BCUT2D eigenvalue weighted by Gasteiger charge is 1.96. The topological polar surface area (TPSA) is 0 Å². The number of allylic oxidation sites excluding steroid dienone is 1. The Bertz CT molecular complexity index is 89.3. The summed E-state index contributed by atoms with van der Waals surface area (Å²) in [5.41, 5.74) is 0. The summed E-state index contributed by atoms with van der Waals surface area (Å²) in [5, 5.41) is 0.801. The van der Waals surface area contributed by atoms with E-state index in [-0.39, 0.29) is 0 Å². The average molecular weight is 176 g/mol. The summed E-state index contributed by atoms with van der Waals surface area (Å²) in [6, 6.07) is 0. The van der Waals surface area contributed by atoms with Gasteiger partial charge in [-0.05, 0) is 13.3 Å². The summed E-state index contributed by atoms with van der Waals surface area (Å²) in [7, 11) is 3.92. The molecule has 1 atom stereocenters. The van der Waals surface area contributed by atoms with Crippen molar-refractivity contribution in [3.63, 3.8) is 0 Å². The summed E-state index contributed by atoms with van der Waals surface area (Å²) in [6.45, 7) is 6.57. The molecule has 0 aromatic heterocycles. The second kappa shape index (κ2) is 7.55. The van der Waals surface area contributed by atoms with Crippen LogP contribution in [-0.2, 0) is 0 Å². The van der Waals surface area contributed by atoms with E-state index >= 15 is 0 Å². The molecular weight excluding hydrogens is 160 g/mol. The van der Waals surface area contributed by atoms with Crippen LogP contribution < -0.4 is 0 Å². The lowest BCUT2D eigenvalue weighted by molar-refractivity contribution is 0.912. The molecule has 0 fully saturated rings. The number of hydrogen-bond donors (Lipinski definition) is 0. The molecule has 1 unspecified atom stereocenters. The van der Waals surface area contributed by atoms with E-state index in [2.05, 4.69) is 32.9 Å². The maximum atomic E-state index is 2.27. The van der Waals surface area contributed by atoms with E-state index in [1.54, 1.807) is 0 Å². The maximum absolute atomic E-state index is 2.27. The Hall–Kier alpha value is 0.440. The summed E-state index contributed by atoms with van der Waals surface area (Å²) in [5.74, 6) is 1.14. The van der Waals surface area contributed by atoms with Crippen LogP contribution in [0.4, 0.5) is 0 Å².